The van der Waals surface area contributed by atoms with E-state index in [1.165, 1.54) is 10.5 Å². The second-order valence-electron chi connectivity index (χ2n) is 4.04. The molecular weight excluding hydrogens is 214 g/mol. The van der Waals surface area contributed by atoms with Crippen LogP contribution in [0.25, 0.3) is 0 Å². The summed E-state index contributed by atoms with van der Waals surface area (Å²) in [7, 11) is 0. The summed E-state index contributed by atoms with van der Waals surface area (Å²) in [6.45, 7) is 0. The molecule has 2 N–H and O–H groups in total. The Morgan fingerprint density at radius 2 is 2.14 bits per heavy atom. The molecule has 1 aliphatic carbocycles. The van der Waals surface area contributed by atoms with Gasteiger partial charge in [0.15, 0.2) is 0 Å². The molecule has 0 amide bonds. The van der Waals surface area contributed by atoms with Crippen LogP contribution in [0.15, 0.2) is 23.1 Å². The normalized spacial score (nSPS) is 18.2. The maximum atomic E-state index is 6.07. The summed E-state index contributed by atoms with van der Waals surface area (Å²) in [4.78, 5) is 1.22. The van der Waals surface area contributed by atoms with Crippen molar-refractivity contribution < 1.29 is 0 Å². The van der Waals surface area contributed by atoms with E-state index in [1.807, 2.05) is 12.1 Å². The number of thioether (sulfide) groups is 1. The highest BCUT2D eigenvalue weighted by Crippen LogP contribution is 2.36. The number of nitrogens with two attached hydrogens (primary N) is 1. The smallest absolute Gasteiger partial charge is 0.0419 e. The first kappa shape index (κ1) is 10.3. The molecule has 76 valence electrons. The Morgan fingerprint density at radius 1 is 1.43 bits per heavy atom. The van der Waals surface area contributed by atoms with E-state index >= 15 is 0 Å². The van der Waals surface area contributed by atoms with Gasteiger partial charge in [-0.3, -0.25) is 0 Å². The predicted molar refractivity (Wildman–Crippen MR) is 63.1 cm³/mol. The molecule has 0 heterocycles. The standard InChI is InChI=1S/C11H14ClNS/c1-14-10-5-8(4-9(12)6-10)7-11(13)2-3-11/h4-6H,2-3,7,13H2,1H3. The Morgan fingerprint density at radius 3 is 2.71 bits per heavy atom. The van der Waals surface area contributed by atoms with Crippen molar-refractivity contribution in [3.05, 3.63) is 28.8 Å². The van der Waals surface area contributed by atoms with Gasteiger partial charge in [-0.25, -0.2) is 0 Å². The minimum Gasteiger partial charge on any atom is -0.325 e. The third-order valence-corrected chi connectivity index (χ3v) is 3.54. The van der Waals surface area contributed by atoms with Crippen molar-refractivity contribution in [2.45, 2.75) is 29.7 Å². The van der Waals surface area contributed by atoms with Gasteiger partial charge in [0.1, 0.15) is 0 Å². The first-order chi connectivity index (χ1) is 6.61. The molecule has 14 heavy (non-hydrogen) atoms. The fourth-order valence-corrected chi connectivity index (χ4v) is 2.42. The van der Waals surface area contributed by atoms with Gasteiger partial charge in [-0.15, -0.1) is 11.8 Å². The van der Waals surface area contributed by atoms with E-state index in [0.717, 1.165) is 24.3 Å². The summed E-state index contributed by atoms with van der Waals surface area (Å²) in [5.74, 6) is 0. The van der Waals surface area contributed by atoms with Crippen LogP contribution in [-0.2, 0) is 6.42 Å². The molecule has 1 aromatic rings. The molecule has 0 aromatic heterocycles. The molecular formula is C11H14ClNS. The molecule has 0 bridgehead atoms. The molecule has 2 rings (SSSR count). The van der Waals surface area contributed by atoms with E-state index in [1.54, 1.807) is 11.8 Å². The van der Waals surface area contributed by atoms with Crippen LogP contribution in [0.5, 0.6) is 0 Å². The SMILES string of the molecule is CSc1cc(Cl)cc(CC2(N)CC2)c1. The van der Waals surface area contributed by atoms with Gasteiger partial charge in [0, 0.05) is 15.5 Å². The highest BCUT2D eigenvalue weighted by atomic mass is 35.5. The number of hydrogen-bond acceptors (Lipinski definition) is 2. The van der Waals surface area contributed by atoms with Gasteiger partial charge in [-0.2, -0.15) is 0 Å². The van der Waals surface area contributed by atoms with Gasteiger partial charge in [-0.05, 0) is 49.3 Å². The second kappa shape index (κ2) is 3.76. The van der Waals surface area contributed by atoms with E-state index in [-0.39, 0.29) is 5.54 Å². The minimum atomic E-state index is 0.0698. The lowest BCUT2D eigenvalue weighted by Crippen LogP contribution is -2.24. The number of halogens is 1. The number of rotatable bonds is 3. The Hall–Kier alpha value is -0.180. The minimum absolute atomic E-state index is 0.0698. The quantitative estimate of drug-likeness (QED) is 0.804. The first-order valence-corrected chi connectivity index (χ1v) is 6.34. The monoisotopic (exact) mass is 227 g/mol. The summed E-state index contributed by atoms with van der Waals surface area (Å²) in [5.41, 5.74) is 7.41. The highest BCUT2D eigenvalue weighted by Gasteiger charge is 2.37. The molecule has 0 radical (unpaired) electrons. The van der Waals surface area contributed by atoms with Gasteiger partial charge in [0.05, 0.1) is 0 Å². The third-order valence-electron chi connectivity index (χ3n) is 2.62. The lowest BCUT2D eigenvalue weighted by atomic mass is 10.1. The molecule has 1 fully saturated rings. The Bertz CT molecular complexity index is 347. The molecule has 1 nitrogen and oxygen atoms in total. The largest absolute Gasteiger partial charge is 0.325 e. The maximum absolute atomic E-state index is 6.07. The van der Waals surface area contributed by atoms with E-state index in [9.17, 15) is 0 Å². The van der Waals surface area contributed by atoms with E-state index in [0.29, 0.717) is 0 Å². The molecule has 1 aliphatic rings. The van der Waals surface area contributed by atoms with Crippen LogP contribution in [0.4, 0.5) is 0 Å². The van der Waals surface area contributed by atoms with E-state index in [2.05, 4.69) is 12.3 Å². The van der Waals surface area contributed by atoms with Crippen LogP contribution in [0.3, 0.4) is 0 Å². The van der Waals surface area contributed by atoms with Crippen molar-refractivity contribution in [1.82, 2.24) is 0 Å². The summed E-state index contributed by atoms with van der Waals surface area (Å²) < 4.78 is 0. The van der Waals surface area contributed by atoms with Crippen molar-refractivity contribution >= 4 is 23.4 Å². The van der Waals surface area contributed by atoms with Crippen molar-refractivity contribution in [2.24, 2.45) is 5.73 Å². The lowest BCUT2D eigenvalue weighted by molar-refractivity contribution is 0.671. The maximum Gasteiger partial charge on any atom is 0.0419 e. The first-order valence-electron chi connectivity index (χ1n) is 4.74. The zero-order valence-electron chi connectivity index (χ0n) is 8.22. The average molecular weight is 228 g/mol. The molecule has 0 atom stereocenters. The number of hydrogen-bond donors (Lipinski definition) is 1. The molecule has 1 aromatic carbocycles. The van der Waals surface area contributed by atoms with E-state index < -0.39 is 0 Å². The Labute approximate surface area is 94.0 Å². The zero-order valence-corrected chi connectivity index (χ0v) is 9.79. The Balaban J connectivity index is 2.20. The van der Waals surface area contributed by atoms with Crippen LogP contribution in [-0.4, -0.2) is 11.8 Å². The van der Waals surface area contributed by atoms with Crippen LogP contribution >= 0.6 is 23.4 Å². The Kier molecular flexibility index (Phi) is 2.78. The molecule has 0 spiro atoms. The van der Waals surface area contributed by atoms with Crippen molar-refractivity contribution in [3.63, 3.8) is 0 Å². The fraction of sp³-hybridized carbons (Fsp3) is 0.455. The molecule has 0 saturated heterocycles. The van der Waals surface area contributed by atoms with Crippen LogP contribution in [0.2, 0.25) is 5.02 Å². The fourth-order valence-electron chi connectivity index (χ4n) is 1.58. The highest BCUT2D eigenvalue weighted by molar-refractivity contribution is 7.98. The predicted octanol–water partition coefficient (Wildman–Crippen LogP) is 3.10. The van der Waals surface area contributed by atoms with Crippen LogP contribution in [0, 0.1) is 0 Å². The molecule has 3 heteroatoms. The molecule has 1 saturated carbocycles. The van der Waals surface area contributed by atoms with Crippen LogP contribution in [0.1, 0.15) is 18.4 Å². The van der Waals surface area contributed by atoms with Gasteiger partial charge in [0.2, 0.25) is 0 Å². The molecule has 0 unspecified atom stereocenters. The summed E-state index contributed by atoms with van der Waals surface area (Å²) in [6, 6.07) is 6.20. The summed E-state index contributed by atoms with van der Waals surface area (Å²) in [5, 5.41) is 0.816. The zero-order chi connectivity index (χ0) is 10.2. The van der Waals surface area contributed by atoms with Gasteiger partial charge in [0.25, 0.3) is 0 Å². The van der Waals surface area contributed by atoms with Crippen molar-refractivity contribution in [3.8, 4) is 0 Å². The summed E-state index contributed by atoms with van der Waals surface area (Å²) in [6.07, 6.45) is 5.31. The average Bonchev–Trinajstić information content (AvgIpc) is 2.82. The topological polar surface area (TPSA) is 26.0 Å². The van der Waals surface area contributed by atoms with E-state index in [4.69, 9.17) is 17.3 Å². The van der Waals surface area contributed by atoms with Gasteiger partial charge in [-0.1, -0.05) is 11.6 Å². The summed E-state index contributed by atoms with van der Waals surface area (Å²) >= 11 is 7.74. The van der Waals surface area contributed by atoms with Gasteiger partial charge < -0.3 is 5.73 Å². The molecule has 0 aliphatic heterocycles. The second-order valence-corrected chi connectivity index (χ2v) is 5.35. The van der Waals surface area contributed by atoms with Crippen molar-refractivity contribution in [1.29, 1.82) is 0 Å². The lowest BCUT2D eigenvalue weighted by Gasteiger charge is -2.10. The number of benzene rings is 1. The van der Waals surface area contributed by atoms with Crippen molar-refractivity contribution in [2.75, 3.05) is 6.26 Å². The third kappa shape index (κ3) is 2.44. The van der Waals surface area contributed by atoms with Gasteiger partial charge >= 0.3 is 0 Å². The van der Waals surface area contributed by atoms with Crippen LogP contribution < -0.4 is 5.73 Å².